The Morgan fingerprint density at radius 2 is 2.30 bits per heavy atom. The first kappa shape index (κ1) is 13.6. The second-order valence-corrected chi connectivity index (χ2v) is 4.25. The summed E-state index contributed by atoms with van der Waals surface area (Å²) >= 11 is 0. The molecule has 2 rings (SSSR count). The fraction of sp³-hybridized carbons (Fsp3) is 0.143. The molecule has 0 atom stereocenters. The molecule has 102 valence electrons. The Morgan fingerprint density at radius 1 is 1.50 bits per heavy atom. The molecular weight excluding hydrogens is 256 g/mol. The molecule has 0 bridgehead atoms. The number of hydrazine groups is 1. The molecule has 1 heterocycles. The van der Waals surface area contributed by atoms with Gasteiger partial charge < -0.3 is 9.32 Å². The van der Waals surface area contributed by atoms with Crippen molar-refractivity contribution in [1.82, 2.24) is 5.43 Å². The number of nitrogen functional groups attached to an aromatic ring is 1. The molecule has 1 amide bonds. The van der Waals surface area contributed by atoms with Gasteiger partial charge in [-0.25, -0.2) is 5.84 Å². The number of nitriles is 1. The van der Waals surface area contributed by atoms with E-state index in [0.717, 1.165) is 5.69 Å². The van der Waals surface area contributed by atoms with Crippen LogP contribution in [0.4, 0.5) is 5.69 Å². The number of hydrogen-bond donors (Lipinski definition) is 2. The molecule has 1 aromatic heterocycles. The molecule has 1 aromatic carbocycles. The maximum atomic E-state index is 11.6. The maximum absolute atomic E-state index is 11.6. The van der Waals surface area contributed by atoms with E-state index in [4.69, 9.17) is 15.5 Å². The summed E-state index contributed by atoms with van der Waals surface area (Å²) in [6.07, 6.45) is 1.44. The van der Waals surface area contributed by atoms with Crippen molar-refractivity contribution in [1.29, 1.82) is 5.26 Å². The lowest BCUT2D eigenvalue weighted by atomic mass is 10.2. The minimum absolute atomic E-state index is 0.393. The third-order valence-electron chi connectivity index (χ3n) is 2.92. The Kier molecular flexibility index (Phi) is 4.03. The van der Waals surface area contributed by atoms with Gasteiger partial charge in [0.05, 0.1) is 30.0 Å². The van der Waals surface area contributed by atoms with Gasteiger partial charge in [0.25, 0.3) is 5.91 Å². The highest BCUT2D eigenvalue weighted by Crippen LogP contribution is 2.19. The van der Waals surface area contributed by atoms with Gasteiger partial charge in [0.15, 0.2) is 0 Å². The molecule has 6 heteroatoms. The standard InChI is InChI=1S/C14H14N4O2/c1-18(11-4-2-3-10(7-11)8-15)9-13-12(5-6-20-13)14(19)17-16/h2-7H,9,16H2,1H3,(H,17,19). The lowest BCUT2D eigenvalue weighted by Gasteiger charge is -2.18. The van der Waals surface area contributed by atoms with Crippen molar-refractivity contribution in [3.8, 4) is 6.07 Å². The van der Waals surface area contributed by atoms with Gasteiger partial charge in [0.2, 0.25) is 0 Å². The molecule has 20 heavy (non-hydrogen) atoms. The number of rotatable bonds is 4. The smallest absolute Gasteiger partial charge is 0.268 e. The minimum atomic E-state index is -0.395. The van der Waals surface area contributed by atoms with Crippen LogP contribution in [0.15, 0.2) is 41.0 Å². The van der Waals surface area contributed by atoms with Crippen molar-refractivity contribution in [2.45, 2.75) is 6.54 Å². The topological polar surface area (TPSA) is 95.3 Å². The van der Waals surface area contributed by atoms with E-state index in [-0.39, 0.29) is 0 Å². The third-order valence-corrected chi connectivity index (χ3v) is 2.92. The van der Waals surface area contributed by atoms with Crippen LogP contribution in [0.1, 0.15) is 21.7 Å². The van der Waals surface area contributed by atoms with E-state index in [1.165, 1.54) is 6.26 Å². The number of furan rings is 1. The van der Waals surface area contributed by atoms with Crippen LogP contribution in [0.25, 0.3) is 0 Å². The van der Waals surface area contributed by atoms with Crippen molar-refractivity contribution in [2.24, 2.45) is 5.84 Å². The summed E-state index contributed by atoms with van der Waals surface area (Å²) in [5.41, 5.74) is 3.92. The number of hydrogen-bond acceptors (Lipinski definition) is 5. The summed E-state index contributed by atoms with van der Waals surface area (Å²) in [6, 6.07) is 10.8. The molecule has 0 spiro atoms. The first-order valence-electron chi connectivity index (χ1n) is 5.94. The fourth-order valence-corrected chi connectivity index (χ4v) is 1.86. The first-order valence-corrected chi connectivity index (χ1v) is 5.94. The van der Waals surface area contributed by atoms with Crippen molar-refractivity contribution in [2.75, 3.05) is 11.9 Å². The van der Waals surface area contributed by atoms with E-state index in [9.17, 15) is 4.79 Å². The molecule has 0 aliphatic carbocycles. The zero-order valence-electron chi connectivity index (χ0n) is 11.0. The van der Waals surface area contributed by atoms with E-state index >= 15 is 0 Å². The summed E-state index contributed by atoms with van der Waals surface area (Å²) in [6.45, 7) is 0.393. The molecule has 0 aliphatic heterocycles. The van der Waals surface area contributed by atoms with E-state index in [1.54, 1.807) is 24.3 Å². The fourth-order valence-electron chi connectivity index (χ4n) is 1.86. The minimum Gasteiger partial charge on any atom is -0.467 e. The second kappa shape index (κ2) is 5.91. The molecule has 0 unspecified atom stereocenters. The average Bonchev–Trinajstić information content (AvgIpc) is 2.94. The van der Waals surface area contributed by atoms with Gasteiger partial charge in [0.1, 0.15) is 5.76 Å². The summed E-state index contributed by atoms with van der Waals surface area (Å²) in [7, 11) is 1.85. The number of amides is 1. The largest absolute Gasteiger partial charge is 0.467 e. The Balaban J connectivity index is 2.20. The normalized spacial score (nSPS) is 9.85. The molecule has 0 saturated carbocycles. The SMILES string of the molecule is CN(Cc1occc1C(=O)NN)c1cccc(C#N)c1. The van der Waals surface area contributed by atoms with Crippen LogP contribution in [0.2, 0.25) is 0 Å². The molecule has 3 N–H and O–H groups in total. The van der Waals surface area contributed by atoms with Crippen LogP contribution in [0.3, 0.4) is 0 Å². The van der Waals surface area contributed by atoms with Crippen LogP contribution < -0.4 is 16.2 Å². The number of nitrogens with one attached hydrogen (secondary N) is 1. The lowest BCUT2D eigenvalue weighted by molar-refractivity contribution is 0.0951. The number of benzene rings is 1. The molecule has 0 saturated heterocycles. The Morgan fingerprint density at radius 3 is 3.00 bits per heavy atom. The van der Waals surface area contributed by atoms with Gasteiger partial charge in [-0.3, -0.25) is 10.2 Å². The van der Waals surface area contributed by atoms with E-state index < -0.39 is 5.91 Å². The summed E-state index contributed by atoms with van der Waals surface area (Å²) < 4.78 is 5.31. The van der Waals surface area contributed by atoms with Gasteiger partial charge in [-0.15, -0.1) is 0 Å². The highest BCUT2D eigenvalue weighted by molar-refractivity contribution is 5.94. The maximum Gasteiger partial charge on any atom is 0.268 e. The average molecular weight is 270 g/mol. The van der Waals surface area contributed by atoms with Crippen molar-refractivity contribution in [3.05, 3.63) is 53.5 Å². The zero-order valence-corrected chi connectivity index (χ0v) is 11.0. The van der Waals surface area contributed by atoms with Gasteiger partial charge in [-0.05, 0) is 24.3 Å². The van der Waals surface area contributed by atoms with Gasteiger partial charge in [-0.2, -0.15) is 5.26 Å². The lowest BCUT2D eigenvalue weighted by Crippen LogP contribution is -2.31. The van der Waals surface area contributed by atoms with Gasteiger partial charge in [0, 0.05) is 12.7 Å². The predicted octanol–water partition coefficient (Wildman–Crippen LogP) is 1.39. The van der Waals surface area contributed by atoms with Gasteiger partial charge >= 0.3 is 0 Å². The number of anilines is 1. The second-order valence-electron chi connectivity index (χ2n) is 4.25. The van der Waals surface area contributed by atoms with Crippen LogP contribution in [0, 0.1) is 11.3 Å². The van der Waals surface area contributed by atoms with E-state index in [2.05, 4.69) is 11.5 Å². The number of carbonyl (C=O) groups is 1. The highest BCUT2D eigenvalue weighted by Gasteiger charge is 2.15. The third kappa shape index (κ3) is 2.79. The molecule has 6 nitrogen and oxygen atoms in total. The van der Waals surface area contributed by atoms with Crippen LogP contribution in [0.5, 0.6) is 0 Å². The van der Waals surface area contributed by atoms with Crippen molar-refractivity contribution >= 4 is 11.6 Å². The number of carbonyl (C=O) groups excluding carboxylic acids is 1. The molecular formula is C14H14N4O2. The number of nitrogens with zero attached hydrogens (tertiary/aromatic N) is 2. The summed E-state index contributed by atoms with van der Waals surface area (Å²) in [5.74, 6) is 5.24. The monoisotopic (exact) mass is 270 g/mol. The molecule has 0 radical (unpaired) electrons. The first-order chi connectivity index (χ1) is 9.65. The quantitative estimate of drug-likeness (QED) is 0.497. The van der Waals surface area contributed by atoms with Crippen LogP contribution in [-0.4, -0.2) is 13.0 Å². The molecule has 2 aromatic rings. The summed E-state index contributed by atoms with van der Waals surface area (Å²) in [5, 5.41) is 8.90. The molecule has 0 aliphatic rings. The Labute approximate surface area is 116 Å². The summed E-state index contributed by atoms with van der Waals surface area (Å²) in [4.78, 5) is 13.4. The Bertz CT molecular complexity index is 657. The number of nitrogens with two attached hydrogens (primary N) is 1. The van der Waals surface area contributed by atoms with Crippen LogP contribution in [-0.2, 0) is 6.54 Å². The predicted molar refractivity (Wildman–Crippen MR) is 73.6 cm³/mol. The van der Waals surface area contributed by atoms with Gasteiger partial charge in [-0.1, -0.05) is 6.07 Å². The van der Waals surface area contributed by atoms with Crippen LogP contribution >= 0.6 is 0 Å². The molecule has 0 fully saturated rings. The van der Waals surface area contributed by atoms with E-state index in [0.29, 0.717) is 23.4 Å². The van der Waals surface area contributed by atoms with Crippen molar-refractivity contribution in [3.63, 3.8) is 0 Å². The van der Waals surface area contributed by atoms with Crippen molar-refractivity contribution < 1.29 is 9.21 Å². The Hall–Kier alpha value is -2.78. The highest BCUT2D eigenvalue weighted by atomic mass is 16.3. The zero-order chi connectivity index (χ0) is 14.5. The van der Waals surface area contributed by atoms with E-state index in [1.807, 2.05) is 18.0 Å².